The molecule has 1 heterocycles. The number of hydrogen-bond acceptors (Lipinski definition) is 8. The summed E-state index contributed by atoms with van der Waals surface area (Å²) < 4.78 is 17.1. The summed E-state index contributed by atoms with van der Waals surface area (Å²) in [5.74, 6) is 0.138. The van der Waals surface area contributed by atoms with Crippen molar-refractivity contribution in [2.45, 2.75) is 30.7 Å². The molecule has 0 aliphatic carbocycles. The number of phenols is 1. The van der Waals surface area contributed by atoms with Gasteiger partial charge in [0.2, 0.25) is 6.29 Å². The fourth-order valence-corrected chi connectivity index (χ4v) is 3.90. The molecule has 5 N–H and O–H groups in total. The highest BCUT2D eigenvalue weighted by Gasteiger charge is 2.45. The molecular formula is C25H26O8. The van der Waals surface area contributed by atoms with E-state index >= 15 is 0 Å². The Hall–Kier alpha value is -3.14. The molecule has 0 aromatic heterocycles. The quantitative estimate of drug-likeness (QED) is 0.382. The lowest BCUT2D eigenvalue weighted by Gasteiger charge is -2.40. The van der Waals surface area contributed by atoms with Crippen molar-refractivity contribution in [3.05, 3.63) is 66.7 Å². The average Bonchev–Trinajstić information content (AvgIpc) is 2.86. The topological polar surface area (TPSA) is 129 Å². The Bertz CT molecular complexity index is 1070. The van der Waals surface area contributed by atoms with E-state index in [0.29, 0.717) is 28.0 Å². The number of rotatable bonds is 6. The van der Waals surface area contributed by atoms with Gasteiger partial charge in [-0.05, 0) is 17.2 Å². The van der Waals surface area contributed by atoms with Gasteiger partial charge in [0, 0.05) is 5.56 Å². The highest BCUT2D eigenvalue weighted by molar-refractivity contribution is 5.87. The second kappa shape index (κ2) is 9.78. The first-order valence-corrected chi connectivity index (χ1v) is 10.5. The van der Waals surface area contributed by atoms with Crippen LogP contribution in [0.25, 0.3) is 22.3 Å². The minimum Gasteiger partial charge on any atom is -0.504 e. The van der Waals surface area contributed by atoms with Crippen LogP contribution in [0.2, 0.25) is 0 Å². The summed E-state index contributed by atoms with van der Waals surface area (Å²) in [6, 6.07) is 19.9. The maximum atomic E-state index is 11.3. The highest BCUT2D eigenvalue weighted by Crippen LogP contribution is 2.50. The van der Waals surface area contributed by atoms with E-state index in [1.807, 2.05) is 48.5 Å². The summed E-state index contributed by atoms with van der Waals surface area (Å²) in [7, 11) is 1.49. The number of aromatic hydroxyl groups is 1. The van der Waals surface area contributed by atoms with Crippen LogP contribution in [0.3, 0.4) is 0 Å². The Morgan fingerprint density at radius 2 is 1.45 bits per heavy atom. The molecule has 4 rings (SSSR count). The van der Waals surface area contributed by atoms with Gasteiger partial charge >= 0.3 is 0 Å². The van der Waals surface area contributed by atoms with Crippen LogP contribution >= 0.6 is 0 Å². The van der Waals surface area contributed by atoms with Gasteiger partial charge in [0.05, 0.1) is 19.3 Å². The largest absolute Gasteiger partial charge is 0.504 e. The molecule has 0 amide bonds. The van der Waals surface area contributed by atoms with Gasteiger partial charge in [0.1, 0.15) is 30.2 Å². The average molecular weight is 454 g/mol. The van der Waals surface area contributed by atoms with E-state index in [9.17, 15) is 25.5 Å². The van der Waals surface area contributed by atoms with Gasteiger partial charge in [-0.25, -0.2) is 0 Å². The van der Waals surface area contributed by atoms with Gasteiger partial charge < -0.3 is 39.7 Å². The van der Waals surface area contributed by atoms with Crippen molar-refractivity contribution in [3.8, 4) is 39.5 Å². The number of ether oxygens (including phenoxy) is 3. The third-order valence-electron chi connectivity index (χ3n) is 5.67. The van der Waals surface area contributed by atoms with Crippen LogP contribution in [0.1, 0.15) is 0 Å². The number of phenolic OH excluding ortho intramolecular Hbond substituents is 1. The van der Waals surface area contributed by atoms with Crippen molar-refractivity contribution < 1.29 is 39.7 Å². The van der Waals surface area contributed by atoms with Gasteiger partial charge in [0.25, 0.3) is 0 Å². The van der Waals surface area contributed by atoms with Crippen LogP contribution < -0.4 is 9.47 Å². The molecule has 8 nitrogen and oxygen atoms in total. The smallest absolute Gasteiger partial charge is 0.229 e. The third kappa shape index (κ3) is 4.39. The van der Waals surface area contributed by atoms with E-state index in [4.69, 9.17) is 14.2 Å². The molecule has 0 bridgehead atoms. The second-order valence-corrected chi connectivity index (χ2v) is 7.73. The van der Waals surface area contributed by atoms with E-state index in [-0.39, 0.29) is 11.5 Å². The Morgan fingerprint density at radius 1 is 0.848 bits per heavy atom. The summed E-state index contributed by atoms with van der Waals surface area (Å²) in [6.45, 7) is -0.601. The Labute approximate surface area is 190 Å². The van der Waals surface area contributed by atoms with Crippen molar-refractivity contribution in [1.29, 1.82) is 0 Å². The minimum absolute atomic E-state index is 0.0382. The minimum atomic E-state index is -1.64. The molecule has 174 valence electrons. The van der Waals surface area contributed by atoms with Gasteiger partial charge in [-0.2, -0.15) is 0 Å². The van der Waals surface area contributed by atoms with Crippen molar-refractivity contribution in [2.24, 2.45) is 0 Å². The fourth-order valence-electron chi connectivity index (χ4n) is 3.90. The van der Waals surface area contributed by atoms with E-state index in [1.165, 1.54) is 7.11 Å². The number of hydrogen-bond donors (Lipinski definition) is 5. The molecule has 1 saturated heterocycles. The van der Waals surface area contributed by atoms with Crippen LogP contribution in [-0.2, 0) is 4.74 Å². The SMILES string of the molecule is COc1cc(-c2ccccc2)c(O)c(OC2OC(CO)C(O)C(O)C2O)c1-c1ccccc1. The maximum absolute atomic E-state index is 11.3. The normalized spacial score (nSPS) is 24.9. The van der Waals surface area contributed by atoms with E-state index in [2.05, 4.69) is 0 Å². The summed E-state index contributed by atoms with van der Waals surface area (Å²) in [5, 5.41) is 51.5. The molecule has 3 aromatic carbocycles. The van der Waals surface area contributed by atoms with Gasteiger partial charge in [0.15, 0.2) is 11.5 Å². The van der Waals surface area contributed by atoms with Crippen LogP contribution in [0.15, 0.2) is 66.7 Å². The molecule has 1 aliphatic heterocycles. The molecule has 0 radical (unpaired) electrons. The first-order valence-electron chi connectivity index (χ1n) is 10.5. The van der Waals surface area contributed by atoms with E-state index in [0.717, 1.165) is 0 Å². The maximum Gasteiger partial charge on any atom is 0.229 e. The van der Waals surface area contributed by atoms with Crippen molar-refractivity contribution >= 4 is 0 Å². The summed E-state index contributed by atoms with van der Waals surface area (Å²) in [5.41, 5.74) is 2.20. The van der Waals surface area contributed by atoms with Gasteiger partial charge in [-0.3, -0.25) is 0 Å². The van der Waals surface area contributed by atoms with Crippen molar-refractivity contribution in [3.63, 3.8) is 0 Å². The number of aliphatic hydroxyl groups is 4. The van der Waals surface area contributed by atoms with Crippen LogP contribution in [0, 0.1) is 0 Å². The summed E-state index contributed by atoms with van der Waals surface area (Å²) >= 11 is 0. The fraction of sp³-hybridized carbons (Fsp3) is 0.280. The zero-order valence-electron chi connectivity index (χ0n) is 17.9. The Balaban J connectivity index is 1.87. The molecule has 1 aliphatic rings. The standard InChI is InChI=1S/C25H26O8/c1-31-17-12-16(14-8-4-2-5-9-14)20(27)24(19(17)15-10-6-3-7-11-15)33-25-23(30)22(29)21(28)18(13-26)32-25/h2-12,18,21-23,25-30H,13H2,1H3. The Morgan fingerprint density at radius 3 is 2.03 bits per heavy atom. The predicted octanol–water partition coefficient (Wildman–Crippen LogP) is 1.91. The van der Waals surface area contributed by atoms with Crippen LogP contribution in [-0.4, -0.2) is 70.0 Å². The van der Waals surface area contributed by atoms with Crippen LogP contribution in [0.5, 0.6) is 17.2 Å². The van der Waals surface area contributed by atoms with Gasteiger partial charge in [-0.15, -0.1) is 0 Å². The molecule has 5 atom stereocenters. The van der Waals surface area contributed by atoms with Crippen molar-refractivity contribution in [1.82, 2.24) is 0 Å². The molecule has 0 spiro atoms. The van der Waals surface area contributed by atoms with E-state index in [1.54, 1.807) is 18.2 Å². The lowest BCUT2D eigenvalue weighted by molar-refractivity contribution is -0.277. The zero-order chi connectivity index (χ0) is 23.5. The second-order valence-electron chi connectivity index (χ2n) is 7.73. The molecular weight excluding hydrogens is 428 g/mol. The predicted molar refractivity (Wildman–Crippen MR) is 120 cm³/mol. The zero-order valence-corrected chi connectivity index (χ0v) is 17.9. The van der Waals surface area contributed by atoms with Gasteiger partial charge in [-0.1, -0.05) is 60.7 Å². The molecule has 33 heavy (non-hydrogen) atoms. The number of aliphatic hydroxyl groups excluding tert-OH is 4. The van der Waals surface area contributed by atoms with Crippen LogP contribution in [0.4, 0.5) is 0 Å². The lowest BCUT2D eigenvalue weighted by Crippen LogP contribution is -2.60. The molecule has 5 unspecified atom stereocenters. The monoisotopic (exact) mass is 454 g/mol. The Kier molecular flexibility index (Phi) is 6.83. The first-order chi connectivity index (χ1) is 16.0. The molecule has 3 aromatic rings. The number of methoxy groups -OCH3 is 1. The van der Waals surface area contributed by atoms with E-state index < -0.39 is 37.3 Å². The van der Waals surface area contributed by atoms with Crippen molar-refractivity contribution in [2.75, 3.05) is 13.7 Å². The highest BCUT2D eigenvalue weighted by atomic mass is 16.7. The lowest BCUT2D eigenvalue weighted by atomic mass is 9.96. The summed E-state index contributed by atoms with van der Waals surface area (Å²) in [4.78, 5) is 0. The number of benzene rings is 3. The first kappa shape index (κ1) is 23.0. The molecule has 8 heteroatoms. The summed E-state index contributed by atoms with van der Waals surface area (Å²) in [6.07, 6.45) is -7.43. The molecule has 0 saturated carbocycles. The third-order valence-corrected chi connectivity index (χ3v) is 5.67. The molecule has 1 fully saturated rings.